The predicted molar refractivity (Wildman–Crippen MR) is 93.0 cm³/mol. The Morgan fingerprint density at radius 1 is 1.04 bits per heavy atom. The Morgan fingerprint density at radius 3 is 2.04 bits per heavy atom. The van der Waals surface area contributed by atoms with Crippen LogP contribution in [0.3, 0.4) is 0 Å². The van der Waals surface area contributed by atoms with Gasteiger partial charge in [-0.25, -0.2) is 5.43 Å². The zero-order valence-electron chi connectivity index (χ0n) is 14.8. The molecule has 128 valence electrons. The summed E-state index contributed by atoms with van der Waals surface area (Å²) in [5.74, 6) is 2.14. The van der Waals surface area contributed by atoms with Crippen LogP contribution in [-0.2, 0) is 4.79 Å². The Kier molecular flexibility index (Phi) is 8.16. The number of benzene rings is 1. The molecule has 0 spiro atoms. The van der Waals surface area contributed by atoms with Gasteiger partial charge in [-0.2, -0.15) is 5.10 Å². The Morgan fingerprint density at radius 2 is 1.57 bits per heavy atom. The molecule has 0 unspecified atom stereocenters. The average Bonchev–Trinajstić information content (AvgIpc) is 2.50. The summed E-state index contributed by atoms with van der Waals surface area (Å²) in [7, 11) is 1.60. The Bertz CT molecular complexity index is 496. The van der Waals surface area contributed by atoms with Gasteiger partial charge < -0.3 is 9.47 Å². The molecule has 1 rings (SSSR count). The number of hydrogen-bond acceptors (Lipinski definition) is 4. The number of nitrogens with one attached hydrogen (secondary N) is 1. The molecule has 1 aromatic rings. The van der Waals surface area contributed by atoms with Crippen LogP contribution in [-0.4, -0.2) is 25.3 Å². The van der Waals surface area contributed by atoms with Crippen LogP contribution >= 0.6 is 0 Å². The highest BCUT2D eigenvalue weighted by atomic mass is 16.5. The SMILES string of the molecule is COc1ccc(OCC(=O)NN=C(CC(C)C)CC(C)C)cc1. The molecule has 1 aromatic carbocycles. The van der Waals surface area contributed by atoms with Gasteiger partial charge in [0.25, 0.3) is 5.91 Å². The summed E-state index contributed by atoms with van der Waals surface area (Å²) in [5, 5.41) is 4.26. The maximum atomic E-state index is 11.8. The highest BCUT2D eigenvalue weighted by Crippen LogP contribution is 2.16. The Hall–Kier alpha value is -2.04. The predicted octanol–water partition coefficient (Wildman–Crippen LogP) is 3.64. The molecule has 23 heavy (non-hydrogen) atoms. The van der Waals surface area contributed by atoms with E-state index in [0.717, 1.165) is 24.3 Å². The van der Waals surface area contributed by atoms with E-state index in [1.807, 2.05) is 0 Å². The van der Waals surface area contributed by atoms with Crippen molar-refractivity contribution in [3.8, 4) is 11.5 Å². The third-order valence-electron chi connectivity index (χ3n) is 3.06. The van der Waals surface area contributed by atoms with Gasteiger partial charge in [0.15, 0.2) is 6.61 Å². The lowest BCUT2D eigenvalue weighted by Crippen LogP contribution is -2.26. The number of rotatable bonds is 9. The molecule has 0 saturated heterocycles. The number of hydrogen-bond donors (Lipinski definition) is 1. The first-order valence-electron chi connectivity index (χ1n) is 8.01. The summed E-state index contributed by atoms with van der Waals surface area (Å²) in [6.45, 7) is 8.51. The molecule has 0 atom stereocenters. The lowest BCUT2D eigenvalue weighted by molar-refractivity contribution is -0.123. The average molecular weight is 320 g/mol. The van der Waals surface area contributed by atoms with Crippen LogP contribution in [0.15, 0.2) is 29.4 Å². The van der Waals surface area contributed by atoms with Gasteiger partial charge in [-0.1, -0.05) is 27.7 Å². The quantitative estimate of drug-likeness (QED) is 0.558. The van der Waals surface area contributed by atoms with Gasteiger partial charge in [0.1, 0.15) is 11.5 Å². The van der Waals surface area contributed by atoms with E-state index < -0.39 is 0 Å². The molecule has 0 aromatic heterocycles. The van der Waals surface area contributed by atoms with Crippen LogP contribution in [0, 0.1) is 11.8 Å². The summed E-state index contributed by atoms with van der Waals surface area (Å²) in [5.41, 5.74) is 3.61. The maximum absolute atomic E-state index is 11.8. The molecule has 0 saturated carbocycles. The zero-order chi connectivity index (χ0) is 17.2. The van der Waals surface area contributed by atoms with Gasteiger partial charge in [0, 0.05) is 5.71 Å². The fourth-order valence-electron chi connectivity index (χ4n) is 2.11. The molecule has 1 amide bonds. The summed E-state index contributed by atoms with van der Waals surface area (Å²) in [6, 6.07) is 7.10. The van der Waals surface area contributed by atoms with E-state index in [2.05, 4.69) is 38.2 Å². The zero-order valence-corrected chi connectivity index (χ0v) is 14.8. The number of carbonyl (C=O) groups excluding carboxylic acids is 1. The van der Waals surface area contributed by atoms with Crippen molar-refractivity contribution in [1.82, 2.24) is 5.43 Å². The maximum Gasteiger partial charge on any atom is 0.277 e. The fourth-order valence-corrected chi connectivity index (χ4v) is 2.11. The third-order valence-corrected chi connectivity index (χ3v) is 3.06. The van der Waals surface area contributed by atoms with Gasteiger partial charge in [-0.05, 0) is 48.9 Å². The topological polar surface area (TPSA) is 59.9 Å². The minimum atomic E-state index is -0.258. The van der Waals surface area contributed by atoms with Crippen molar-refractivity contribution >= 4 is 11.6 Å². The van der Waals surface area contributed by atoms with Crippen molar-refractivity contribution < 1.29 is 14.3 Å². The Labute approximate surface area is 139 Å². The van der Waals surface area contributed by atoms with E-state index in [0.29, 0.717) is 17.6 Å². The smallest absolute Gasteiger partial charge is 0.277 e. The standard InChI is InChI=1S/C18H28N2O3/c1-13(2)10-15(11-14(3)4)19-20-18(21)12-23-17-8-6-16(22-5)7-9-17/h6-9,13-14H,10-12H2,1-5H3,(H,20,21). The van der Waals surface area contributed by atoms with Crippen LogP contribution in [0.2, 0.25) is 0 Å². The molecule has 0 aliphatic rings. The molecule has 0 heterocycles. The largest absolute Gasteiger partial charge is 0.497 e. The van der Waals surface area contributed by atoms with E-state index in [1.54, 1.807) is 31.4 Å². The van der Waals surface area contributed by atoms with Crippen molar-refractivity contribution in [3.05, 3.63) is 24.3 Å². The molecule has 0 fully saturated rings. The monoisotopic (exact) mass is 320 g/mol. The molecule has 1 N–H and O–H groups in total. The van der Waals surface area contributed by atoms with E-state index in [4.69, 9.17) is 9.47 Å². The second-order valence-electron chi connectivity index (χ2n) is 6.37. The number of nitrogens with zero attached hydrogens (tertiary/aromatic N) is 1. The van der Waals surface area contributed by atoms with Crippen molar-refractivity contribution in [2.24, 2.45) is 16.9 Å². The first-order valence-corrected chi connectivity index (χ1v) is 8.01. The van der Waals surface area contributed by atoms with E-state index in [9.17, 15) is 4.79 Å². The first-order chi connectivity index (χ1) is 10.9. The van der Waals surface area contributed by atoms with Crippen LogP contribution in [0.1, 0.15) is 40.5 Å². The van der Waals surface area contributed by atoms with Crippen LogP contribution in [0.5, 0.6) is 11.5 Å². The molecular formula is C18H28N2O3. The molecule has 5 heteroatoms. The van der Waals surface area contributed by atoms with Gasteiger partial charge in [0.05, 0.1) is 7.11 Å². The number of carbonyl (C=O) groups is 1. The van der Waals surface area contributed by atoms with Crippen LogP contribution in [0.25, 0.3) is 0 Å². The molecule has 0 aliphatic carbocycles. The first kappa shape index (κ1) is 19.0. The minimum Gasteiger partial charge on any atom is -0.497 e. The Balaban J connectivity index is 2.47. The number of ether oxygens (including phenoxy) is 2. The van der Waals surface area contributed by atoms with Crippen LogP contribution in [0.4, 0.5) is 0 Å². The molecular weight excluding hydrogens is 292 g/mol. The van der Waals surface area contributed by atoms with Crippen molar-refractivity contribution in [1.29, 1.82) is 0 Å². The van der Waals surface area contributed by atoms with Gasteiger partial charge in [0.2, 0.25) is 0 Å². The normalized spacial score (nSPS) is 10.6. The van der Waals surface area contributed by atoms with E-state index in [-0.39, 0.29) is 12.5 Å². The highest BCUT2D eigenvalue weighted by molar-refractivity contribution is 5.86. The summed E-state index contributed by atoms with van der Waals surface area (Å²) in [4.78, 5) is 11.8. The van der Waals surface area contributed by atoms with Crippen molar-refractivity contribution in [3.63, 3.8) is 0 Å². The van der Waals surface area contributed by atoms with Crippen molar-refractivity contribution in [2.75, 3.05) is 13.7 Å². The number of amides is 1. The molecule has 0 radical (unpaired) electrons. The lowest BCUT2D eigenvalue weighted by atomic mass is 9.99. The summed E-state index contributed by atoms with van der Waals surface area (Å²) >= 11 is 0. The van der Waals surface area contributed by atoms with Gasteiger partial charge >= 0.3 is 0 Å². The van der Waals surface area contributed by atoms with E-state index in [1.165, 1.54) is 0 Å². The number of methoxy groups -OCH3 is 1. The fraction of sp³-hybridized carbons (Fsp3) is 0.556. The summed E-state index contributed by atoms with van der Waals surface area (Å²) in [6.07, 6.45) is 1.77. The van der Waals surface area contributed by atoms with Gasteiger partial charge in [-0.15, -0.1) is 0 Å². The minimum absolute atomic E-state index is 0.0630. The molecule has 0 bridgehead atoms. The lowest BCUT2D eigenvalue weighted by Gasteiger charge is -2.12. The van der Waals surface area contributed by atoms with E-state index >= 15 is 0 Å². The summed E-state index contributed by atoms with van der Waals surface area (Å²) < 4.78 is 10.5. The second-order valence-corrected chi connectivity index (χ2v) is 6.37. The van der Waals surface area contributed by atoms with Gasteiger partial charge in [-0.3, -0.25) is 4.79 Å². The van der Waals surface area contributed by atoms with Crippen LogP contribution < -0.4 is 14.9 Å². The molecule has 5 nitrogen and oxygen atoms in total. The highest BCUT2D eigenvalue weighted by Gasteiger charge is 2.08. The molecule has 0 aliphatic heterocycles. The third kappa shape index (κ3) is 8.24. The second kappa shape index (κ2) is 9.87. The van der Waals surface area contributed by atoms with Crippen molar-refractivity contribution in [2.45, 2.75) is 40.5 Å². The number of hydrazone groups is 1.